The van der Waals surface area contributed by atoms with Crippen molar-refractivity contribution in [1.82, 2.24) is 10.2 Å². The Morgan fingerprint density at radius 3 is 2.90 bits per heavy atom. The van der Waals surface area contributed by atoms with E-state index in [1.165, 1.54) is 12.8 Å². The van der Waals surface area contributed by atoms with Crippen LogP contribution in [0.1, 0.15) is 24.0 Å². The first-order valence-electron chi connectivity index (χ1n) is 6.88. The summed E-state index contributed by atoms with van der Waals surface area (Å²) in [6.45, 7) is 1.93. The summed E-state index contributed by atoms with van der Waals surface area (Å²) in [5, 5.41) is 2.97. The number of benzene rings is 1. The lowest BCUT2D eigenvalue weighted by molar-refractivity contribution is -0.122. The van der Waals surface area contributed by atoms with Gasteiger partial charge >= 0.3 is 0 Å². The third-order valence-corrected chi connectivity index (χ3v) is 3.60. The maximum atomic E-state index is 11.8. The van der Waals surface area contributed by atoms with Gasteiger partial charge in [-0.1, -0.05) is 30.4 Å². The molecule has 0 aromatic heterocycles. The first-order chi connectivity index (χ1) is 9.54. The lowest BCUT2D eigenvalue weighted by Gasteiger charge is -2.16. The Kier molecular flexibility index (Phi) is 5.09. The average Bonchev–Trinajstić information content (AvgIpc) is 3.20. The average molecular weight is 291 g/mol. The van der Waals surface area contributed by atoms with E-state index in [1.807, 2.05) is 36.2 Å². The lowest BCUT2D eigenvalue weighted by atomic mass is 10.1. The van der Waals surface area contributed by atoms with Gasteiger partial charge in [0.2, 0.25) is 5.91 Å². The molecule has 0 unspecified atom stereocenters. The van der Waals surface area contributed by atoms with Gasteiger partial charge in [-0.25, -0.2) is 0 Å². The quantitative estimate of drug-likeness (QED) is 0.743. The second kappa shape index (κ2) is 6.81. The van der Waals surface area contributed by atoms with Gasteiger partial charge in [0.15, 0.2) is 0 Å². The number of rotatable bonds is 7. The second-order valence-corrected chi connectivity index (χ2v) is 5.92. The minimum atomic E-state index is 0.0879. The van der Waals surface area contributed by atoms with E-state index in [4.69, 9.17) is 18.0 Å². The van der Waals surface area contributed by atoms with Crippen molar-refractivity contribution in [3.8, 4) is 0 Å². The van der Waals surface area contributed by atoms with Crippen molar-refractivity contribution >= 4 is 23.1 Å². The summed E-state index contributed by atoms with van der Waals surface area (Å²) in [6, 6.07) is 7.82. The molecule has 1 aliphatic rings. The zero-order chi connectivity index (χ0) is 14.5. The van der Waals surface area contributed by atoms with Crippen LogP contribution in [-0.4, -0.2) is 35.9 Å². The van der Waals surface area contributed by atoms with Crippen molar-refractivity contribution in [2.75, 3.05) is 20.1 Å². The van der Waals surface area contributed by atoms with Gasteiger partial charge in [-0.05, 0) is 37.4 Å². The maximum absolute atomic E-state index is 11.8. The van der Waals surface area contributed by atoms with Gasteiger partial charge in [0.05, 0.1) is 6.54 Å². The van der Waals surface area contributed by atoms with Crippen molar-refractivity contribution in [3.63, 3.8) is 0 Å². The molecule has 5 heteroatoms. The normalized spacial score (nSPS) is 14.3. The van der Waals surface area contributed by atoms with E-state index >= 15 is 0 Å². The molecule has 1 fully saturated rings. The number of thiocarbonyl (C=S) groups is 1. The molecule has 2 rings (SSSR count). The molecule has 0 atom stereocenters. The van der Waals surface area contributed by atoms with E-state index in [0.29, 0.717) is 24.0 Å². The SMILES string of the molecule is CN(CC(=O)NCC1CC1)Cc1cccc(C(N)=S)c1. The molecule has 0 heterocycles. The summed E-state index contributed by atoms with van der Waals surface area (Å²) in [5.74, 6) is 0.802. The zero-order valence-corrected chi connectivity index (χ0v) is 12.6. The highest BCUT2D eigenvalue weighted by Gasteiger charge is 2.21. The number of nitrogens with two attached hydrogens (primary N) is 1. The van der Waals surface area contributed by atoms with Crippen molar-refractivity contribution in [2.24, 2.45) is 11.7 Å². The second-order valence-electron chi connectivity index (χ2n) is 5.48. The number of hydrogen-bond acceptors (Lipinski definition) is 3. The van der Waals surface area contributed by atoms with Crippen LogP contribution < -0.4 is 11.1 Å². The van der Waals surface area contributed by atoms with Gasteiger partial charge in [0, 0.05) is 18.7 Å². The summed E-state index contributed by atoms with van der Waals surface area (Å²) in [7, 11) is 1.93. The van der Waals surface area contributed by atoms with Gasteiger partial charge in [0.25, 0.3) is 0 Å². The van der Waals surface area contributed by atoms with Crippen LogP contribution >= 0.6 is 12.2 Å². The van der Waals surface area contributed by atoms with Crippen molar-refractivity contribution in [3.05, 3.63) is 35.4 Å². The molecule has 0 bridgehead atoms. The molecule has 1 aromatic carbocycles. The molecule has 1 aliphatic carbocycles. The standard InChI is InChI=1S/C15H21N3OS/c1-18(10-14(19)17-8-11-5-6-11)9-12-3-2-4-13(7-12)15(16)20/h2-4,7,11H,5-6,8-10H2,1H3,(H2,16,20)(H,17,19). The molecule has 108 valence electrons. The molecule has 1 saturated carbocycles. The minimum absolute atomic E-state index is 0.0879. The molecule has 4 nitrogen and oxygen atoms in total. The number of nitrogens with zero attached hydrogens (tertiary/aromatic N) is 1. The fraction of sp³-hybridized carbons (Fsp3) is 0.467. The van der Waals surface area contributed by atoms with Gasteiger partial charge in [-0.2, -0.15) is 0 Å². The number of carbonyl (C=O) groups excluding carboxylic acids is 1. The minimum Gasteiger partial charge on any atom is -0.389 e. The smallest absolute Gasteiger partial charge is 0.234 e. The molecular weight excluding hydrogens is 270 g/mol. The van der Waals surface area contributed by atoms with Crippen molar-refractivity contribution < 1.29 is 4.79 Å². The topological polar surface area (TPSA) is 58.4 Å². The first kappa shape index (κ1) is 14.9. The predicted molar refractivity (Wildman–Crippen MR) is 84.4 cm³/mol. The highest BCUT2D eigenvalue weighted by molar-refractivity contribution is 7.80. The molecule has 0 spiro atoms. The van der Waals surface area contributed by atoms with Crippen LogP contribution in [0.25, 0.3) is 0 Å². The fourth-order valence-corrected chi connectivity index (χ4v) is 2.20. The van der Waals surface area contributed by atoms with E-state index in [1.54, 1.807) is 0 Å². The molecule has 3 N–H and O–H groups in total. The largest absolute Gasteiger partial charge is 0.389 e. The summed E-state index contributed by atoms with van der Waals surface area (Å²) < 4.78 is 0. The third kappa shape index (κ3) is 4.90. The number of amides is 1. The van der Waals surface area contributed by atoms with Gasteiger partial charge in [0.1, 0.15) is 4.99 Å². The predicted octanol–water partition coefficient (Wildman–Crippen LogP) is 1.28. The van der Waals surface area contributed by atoms with E-state index < -0.39 is 0 Å². The highest BCUT2D eigenvalue weighted by Crippen LogP contribution is 2.27. The van der Waals surface area contributed by atoms with Crippen LogP contribution in [-0.2, 0) is 11.3 Å². The molecule has 20 heavy (non-hydrogen) atoms. The Labute approximate surface area is 125 Å². The Morgan fingerprint density at radius 1 is 1.50 bits per heavy atom. The molecule has 0 aliphatic heterocycles. The maximum Gasteiger partial charge on any atom is 0.234 e. The van der Waals surface area contributed by atoms with Crippen molar-refractivity contribution in [1.29, 1.82) is 0 Å². The molecule has 1 amide bonds. The van der Waals surface area contributed by atoms with Gasteiger partial charge in [-0.3, -0.25) is 9.69 Å². The molecule has 1 aromatic rings. The van der Waals surface area contributed by atoms with Crippen LogP contribution in [0.15, 0.2) is 24.3 Å². The Balaban J connectivity index is 1.80. The van der Waals surface area contributed by atoms with E-state index in [0.717, 1.165) is 17.7 Å². The Hall–Kier alpha value is -1.46. The Morgan fingerprint density at radius 2 is 2.25 bits per heavy atom. The van der Waals surface area contributed by atoms with Crippen LogP contribution in [0.2, 0.25) is 0 Å². The zero-order valence-electron chi connectivity index (χ0n) is 11.8. The monoisotopic (exact) mass is 291 g/mol. The molecular formula is C15H21N3OS. The lowest BCUT2D eigenvalue weighted by Crippen LogP contribution is -2.35. The number of carbonyl (C=O) groups is 1. The fourth-order valence-electron chi connectivity index (χ4n) is 2.07. The molecule has 0 saturated heterocycles. The number of nitrogens with one attached hydrogen (secondary N) is 1. The summed E-state index contributed by atoms with van der Waals surface area (Å²) >= 11 is 4.97. The van der Waals surface area contributed by atoms with E-state index in [2.05, 4.69) is 5.32 Å². The van der Waals surface area contributed by atoms with Crippen LogP contribution in [0, 0.1) is 5.92 Å². The third-order valence-electron chi connectivity index (χ3n) is 3.36. The Bertz CT molecular complexity index is 500. The van der Waals surface area contributed by atoms with Gasteiger partial charge in [-0.15, -0.1) is 0 Å². The van der Waals surface area contributed by atoms with Crippen LogP contribution in [0.5, 0.6) is 0 Å². The summed E-state index contributed by atoms with van der Waals surface area (Å²) in [5.41, 5.74) is 7.59. The van der Waals surface area contributed by atoms with Gasteiger partial charge < -0.3 is 11.1 Å². The van der Waals surface area contributed by atoms with Crippen molar-refractivity contribution in [2.45, 2.75) is 19.4 Å². The number of likely N-dealkylation sites (N-methyl/N-ethyl adjacent to an activating group) is 1. The summed E-state index contributed by atoms with van der Waals surface area (Å²) in [4.78, 5) is 14.1. The van der Waals surface area contributed by atoms with Crippen LogP contribution in [0.3, 0.4) is 0 Å². The number of hydrogen-bond donors (Lipinski definition) is 2. The highest BCUT2D eigenvalue weighted by atomic mass is 32.1. The first-order valence-corrected chi connectivity index (χ1v) is 7.29. The molecule has 0 radical (unpaired) electrons. The van der Waals surface area contributed by atoms with E-state index in [9.17, 15) is 4.79 Å². The summed E-state index contributed by atoms with van der Waals surface area (Å²) in [6.07, 6.45) is 2.50. The van der Waals surface area contributed by atoms with E-state index in [-0.39, 0.29) is 5.91 Å². The van der Waals surface area contributed by atoms with Crippen LogP contribution in [0.4, 0.5) is 0 Å².